The van der Waals surface area contributed by atoms with Crippen molar-refractivity contribution in [3.05, 3.63) is 59.7 Å². The Balaban J connectivity index is 1.49. The molecule has 0 bridgehead atoms. The molecule has 164 valence electrons. The first-order chi connectivity index (χ1) is 15.1. The van der Waals surface area contributed by atoms with Crippen LogP contribution in [-0.2, 0) is 22.7 Å². The molecule has 1 saturated heterocycles. The van der Waals surface area contributed by atoms with Crippen molar-refractivity contribution in [2.24, 2.45) is 0 Å². The van der Waals surface area contributed by atoms with E-state index in [0.29, 0.717) is 12.3 Å². The van der Waals surface area contributed by atoms with Gasteiger partial charge in [0.1, 0.15) is 29.6 Å². The summed E-state index contributed by atoms with van der Waals surface area (Å²) in [5.41, 5.74) is 1.92. The van der Waals surface area contributed by atoms with Gasteiger partial charge >= 0.3 is 5.97 Å². The zero-order valence-corrected chi connectivity index (χ0v) is 18.0. The molecule has 0 spiro atoms. The van der Waals surface area contributed by atoms with E-state index in [4.69, 9.17) is 18.4 Å². The van der Waals surface area contributed by atoms with Crippen molar-refractivity contribution < 1.29 is 23.2 Å². The lowest BCUT2D eigenvalue weighted by atomic mass is 10.0. The molecule has 4 rings (SSSR count). The molecule has 1 aliphatic rings. The van der Waals surface area contributed by atoms with Gasteiger partial charge in [-0.15, -0.1) is 0 Å². The van der Waals surface area contributed by atoms with E-state index in [1.165, 1.54) is 13.3 Å². The third kappa shape index (κ3) is 5.35. The van der Waals surface area contributed by atoms with Gasteiger partial charge in [-0.25, -0.2) is 0 Å². The van der Waals surface area contributed by atoms with E-state index in [0.717, 1.165) is 54.3 Å². The van der Waals surface area contributed by atoms with Gasteiger partial charge in [0, 0.05) is 18.6 Å². The second kappa shape index (κ2) is 9.83. The standard InChI is InChI=1S/C24H28N2O5/c1-17(27)29-16-21-12-11-20(30-21)15-26-13-5-3-4-6-23(26)22-14-24(31-25-22)18-7-9-19(28-2)10-8-18/h7-12,14,23H,3-6,13,15-16H2,1-2H3/t23-/m0/s1. The Bertz CT molecular complexity index is 992. The van der Waals surface area contributed by atoms with E-state index in [9.17, 15) is 4.79 Å². The van der Waals surface area contributed by atoms with Gasteiger partial charge in [-0.2, -0.15) is 0 Å². The Morgan fingerprint density at radius 3 is 2.71 bits per heavy atom. The highest BCUT2D eigenvalue weighted by Gasteiger charge is 2.27. The van der Waals surface area contributed by atoms with Crippen LogP contribution in [0.4, 0.5) is 0 Å². The summed E-state index contributed by atoms with van der Waals surface area (Å²) in [4.78, 5) is 13.4. The molecule has 3 aromatic rings. The molecule has 1 fully saturated rings. The maximum Gasteiger partial charge on any atom is 0.303 e. The van der Waals surface area contributed by atoms with Crippen molar-refractivity contribution in [1.29, 1.82) is 0 Å². The summed E-state index contributed by atoms with van der Waals surface area (Å²) in [5, 5.41) is 4.41. The molecule has 0 amide bonds. The molecule has 0 N–H and O–H groups in total. The van der Waals surface area contributed by atoms with Gasteiger partial charge in [0.05, 0.1) is 19.7 Å². The van der Waals surface area contributed by atoms with Crippen molar-refractivity contribution in [3.8, 4) is 17.1 Å². The monoisotopic (exact) mass is 424 g/mol. The first-order valence-electron chi connectivity index (χ1n) is 10.7. The number of carbonyl (C=O) groups is 1. The van der Waals surface area contributed by atoms with E-state index in [1.807, 2.05) is 42.5 Å². The van der Waals surface area contributed by atoms with Crippen LogP contribution >= 0.6 is 0 Å². The third-order valence-electron chi connectivity index (χ3n) is 5.60. The molecule has 0 saturated carbocycles. The third-order valence-corrected chi connectivity index (χ3v) is 5.60. The molecule has 0 unspecified atom stereocenters. The molecule has 0 aliphatic carbocycles. The van der Waals surface area contributed by atoms with Crippen LogP contribution in [0.5, 0.6) is 5.75 Å². The second-order valence-electron chi connectivity index (χ2n) is 7.83. The Labute approximate surface area is 181 Å². The number of aromatic nitrogens is 1. The van der Waals surface area contributed by atoms with Crippen molar-refractivity contribution in [2.45, 2.75) is 51.8 Å². The van der Waals surface area contributed by atoms with Gasteiger partial charge in [0.2, 0.25) is 0 Å². The number of methoxy groups -OCH3 is 1. The van der Waals surface area contributed by atoms with Crippen molar-refractivity contribution in [1.82, 2.24) is 10.1 Å². The van der Waals surface area contributed by atoms with E-state index in [-0.39, 0.29) is 18.6 Å². The number of hydrogen-bond acceptors (Lipinski definition) is 7. The number of rotatable bonds is 7. The van der Waals surface area contributed by atoms with E-state index >= 15 is 0 Å². The lowest BCUT2D eigenvalue weighted by molar-refractivity contribution is -0.142. The Morgan fingerprint density at radius 2 is 1.94 bits per heavy atom. The molecule has 3 heterocycles. The van der Waals surface area contributed by atoms with Gasteiger partial charge in [-0.05, 0) is 55.8 Å². The lowest BCUT2D eigenvalue weighted by Gasteiger charge is -2.27. The van der Waals surface area contributed by atoms with Gasteiger partial charge in [-0.3, -0.25) is 9.69 Å². The molecule has 0 radical (unpaired) electrons. The Kier molecular flexibility index (Phi) is 6.72. The summed E-state index contributed by atoms with van der Waals surface area (Å²) in [6.45, 7) is 3.20. The molecule has 7 heteroatoms. The minimum absolute atomic E-state index is 0.160. The van der Waals surface area contributed by atoms with Gasteiger partial charge in [0.15, 0.2) is 5.76 Å². The molecule has 1 aromatic carbocycles. The van der Waals surface area contributed by atoms with Crippen molar-refractivity contribution >= 4 is 5.97 Å². The first-order valence-corrected chi connectivity index (χ1v) is 10.7. The summed E-state index contributed by atoms with van der Waals surface area (Å²) >= 11 is 0. The average molecular weight is 424 g/mol. The highest BCUT2D eigenvalue weighted by molar-refractivity contribution is 5.65. The van der Waals surface area contributed by atoms with E-state index in [1.54, 1.807) is 7.11 Å². The normalized spacial score (nSPS) is 17.3. The first kappa shape index (κ1) is 21.2. The van der Waals surface area contributed by atoms with Gasteiger partial charge in [0.25, 0.3) is 0 Å². The van der Waals surface area contributed by atoms with Crippen molar-refractivity contribution in [2.75, 3.05) is 13.7 Å². The van der Waals surface area contributed by atoms with Crippen LogP contribution in [0.2, 0.25) is 0 Å². The summed E-state index contributed by atoms with van der Waals surface area (Å²) in [6.07, 6.45) is 4.52. The number of esters is 1. The molecule has 2 aromatic heterocycles. The van der Waals surface area contributed by atoms with Gasteiger partial charge < -0.3 is 18.4 Å². The fourth-order valence-electron chi connectivity index (χ4n) is 3.99. The van der Waals surface area contributed by atoms with Gasteiger partial charge in [-0.1, -0.05) is 18.0 Å². The molecule has 1 aliphatic heterocycles. The van der Waals surface area contributed by atoms with Crippen LogP contribution in [0.3, 0.4) is 0 Å². The highest BCUT2D eigenvalue weighted by atomic mass is 16.5. The zero-order chi connectivity index (χ0) is 21.6. The van der Waals surface area contributed by atoms with Crippen LogP contribution in [0.25, 0.3) is 11.3 Å². The molecular formula is C24H28N2O5. The number of carbonyl (C=O) groups excluding carboxylic acids is 1. The smallest absolute Gasteiger partial charge is 0.303 e. The number of hydrogen-bond donors (Lipinski definition) is 0. The van der Waals surface area contributed by atoms with Crippen LogP contribution < -0.4 is 4.74 Å². The minimum atomic E-state index is -0.316. The summed E-state index contributed by atoms with van der Waals surface area (Å²) in [7, 11) is 1.65. The van der Waals surface area contributed by atoms with E-state index in [2.05, 4.69) is 10.1 Å². The van der Waals surface area contributed by atoms with Crippen molar-refractivity contribution in [3.63, 3.8) is 0 Å². The average Bonchev–Trinajstić information content (AvgIpc) is 3.38. The van der Waals surface area contributed by atoms with E-state index < -0.39 is 0 Å². The fraction of sp³-hybridized carbons (Fsp3) is 0.417. The molecule has 1 atom stereocenters. The summed E-state index contributed by atoms with van der Waals surface area (Å²) in [5.74, 6) is 2.76. The quantitative estimate of drug-likeness (QED) is 0.487. The van der Waals surface area contributed by atoms with Crippen LogP contribution in [0.15, 0.2) is 51.4 Å². The maximum atomic E-state index is 11.0. The summed E-state index contributed by atoms with van der Waals surface area (Å²) < 4.78 is 21.8. The molecular weight excluding hydrogens is 396 g/mol. The molecule has 31 heavy (non-hydrogen) atoms. The largest absolute Gasteiger partial charge is 0.497 e. The van der Waals surface area contributed by atoms with Crippen LogP contribution in [-0.4, -0.2) is 29.7 Å². The summed E-state index contributed by atoms with van der Waals surface area (Å²) in [6, 6.07) is 13.8. The number of ether oxygens (including phenoxy) is 2. The lowest BCUT2D eigenvalue weighted by Crippen LogP contribution is -2.28. The van der Waals surface area contributed by atoms with Crippen LogP contribution in [0, 0.1) is 0 Å². The number of furan rings is 1. The number of likely N-dealkylation sites (tertiary alicyclic amines) is 1. The second-order valence-corrected chi connectivity index (χ2v) is 7.83. The predicted molar refractivity (Wildman–Crippen MR) is 114 cm³/mol. The number of nitrogens with zero attached hydrogens (tertiary/aromatic N) is 2. The Hall–Kier alpha value is -3.06. The number of benzene rings is 1. The molecule has 7 nitrogen and oxygen atoms in total. The minimum Gasteiger partial charge on any atom is -0.497 e. The predicted octanol–water partition coefficient (Wildman–Crippen LogP) is 5.12. The van der Waals surface area contributed by atoms with Crippen LogP contribution in [0.1, 0.15) is 55.9 Å². The SMILES string of the molecule is COc1ccc(-c2cc([C@@H]3CCCCCN3Cc3ccc(COC(C)=O)o3)no2)cc1. The maximum absolute atomic E-state index is 11.0. The highest BCUT2D eigenvalue weighted by Crippen LogP contribution is 2.33. The zero-order valence-electron chi connectivity index (χ0n) is 18.0. The fourth-order valence-corrected chi connectivity index (χ4v) is 3.99. The Morgan fingerprint density at radius 1 is 1.13 bits per heavy atom. The topological polar surface area (TPSA) is 77.9 Å².